The van der Waals surface area contributed by atoms with E-state index in [-0.39, 0.29) is 30.0 Å². The van der Waals surface area contributed by atoms with Gasteiger partial charge >= 0.3 is 12.0 Å². The number of unbranched alkanes of at least 4 members (excludes halogenated alkanes) is 3. The fourth-order valence-electron chi connectivity index (χ4n) is 3.54. The molecule has 2 aromatic rings. The number of nitrogen functional groups attached to an aromatic ring is 1. The maximum atomic E-state index is 13.6. The minimum absolute atomic E-state index is 0.0358. The van der Waals surface area contributed by atoms with Gasteiger partial charge in [0.2, 0.25) is 0 Å². The SMILES string of the molecule is C#C[C@]1(COC(=O)CCCCCC)O[C@@H](n2cnc3c(N)nc(F)nc32)C[C@@H]1C. The van der Waals surface area contributed by atoms with Crippen LogP contribution in [0.15, 0.2) is 6.33 Å². The van der Waals surface area contributed by atoms with Crippen LogP contribution in [0.2, 0.25) is 0 Å². The van der Waals surface area contributed by atoms with Gasteiger partial charge in [0, 0.05) is 12.3 Å². The van der Waals surface area contributed by atoms with Crippen molar-refractivity contribution < 1.29 is 18.7 Å². The number of carbonyl (C=O) groups excluding carboxylic acids is 1. The van der Waals surface area contributed by atoms with Gasteiger partial charge in [-0.1, -0.05) is 39.0 Å². The van der Waals surface area contributed by atoms with Gasteiger partial charge < -0.3 is 15.2 Å². The third kappa shape index (κ3) is 4.32. The molecule has 0 unspecified atom stereocenters. The molecule has 3 atom stereocenters. The van der Waals surface area contributed by atoms with Crippen molar-refractivity contribution in [3.05, 3.63) is 12.4 Å². The van der Waals surface area contributed by atoms with E-state index in [1.807, 2.05) is 6.92 Å². The molecule has 0 saturated carbocycles. The number of nitrogens with zero attached hydrogens (tertiary/aromatic N) is 4. The van der Waals surface area contributed by atoms with E-state index in [9.17, 15) is 9.18 Å². The minimum atomic E-state index is -1.07. The number of nitrogens with two attached hydrogens (primary N) is 1. The fraction of sp³-hybridized carbons (Fsp3) is 0.600. The lowest BCUT2D eigenvalue weighted by atomic mass is 9.90. The topological polar surface area (TPSA) is 105 Å². The van der Waals surface area contributed by atoms with Gasteiger partial charge in [0.1, 0.15) is 12.8 Å². The zero-order chi connectivity index (χ0) is 21.0. The minimum Gasteiger partial charge on any atom is -0.461 e. The molecular weight excluding hydrogens is 377 g/mol. The lowest BCUT2D eigenvalue weighted by Crippen LogP contribution is -2.39. The first-order valence-corrected chi connectivity index (χ1v) is 9.87. The molecule has 1 aliphatic rings. The normalized spacial score (nSPS) is 23.9. The highest BCUT2D eigenvalue weighted by atomic mass is 19.1. The van der Waals surface area contributed by atoms with Gasteiger partial charge in [-0.25, -0.2) is 4.98 Å². The number of carbonyl (C=O) groups is 1. The lowest BCUT2D eigenvalue weighted by molar-refractivity contribution is -0.154. The van der Waals surface area contributed by atoms with Crippen molar-refractivity contribution in [3.8, 4) is 12.3 Å². The second-order valence-electron chi connectivity index (χ2n) is 7.42. The quantitative estimate of drug-likeness (QED) is 0.313. The molecule has 3 heterocycles. The van der Waals surface area contributed by atoms with Crippen LogP contribution in [-0.4, -0.2) is 37.7 Å². The van der Waals surface area contributed by atoms with Gasteiger partial charge in [0.15, 0.2) is 22.6 Å². The van der Waals surface area contributed by atoms with Crippen LogP contribution in [0.4, 0.5) is 10.2 Å². The smallest absolute Gasteiger partial charge is 0.312 e. The monoisotopic (exact) mass is 403 g/mol. The lowest BCUT2D eigenvalue weighted by Gasteiger charge is -2.27. The van der Waals surface area contributed by atoms with E-state index in [1.54, 1.807) is 4.57 Å². The molecule has 0 amide bonds. The number of fused-ring (bicyclic) bond motifs is 1. The first-order valence-electron chi connectivity index (χ1n) is 9.87. The maximum Gasteiger partial charge on any atom is 0.312 e. The number of terminal acetylenes is 1. The predicted octanol–water partition coefficient (Wildman–Crippen LogP) is 2.99. The Bertz CT molecular complexity index is 925. The molecule has 9 heteroatoms. The first-order chi connectivity index (χ1) is 13.9. The van der Waals surface area contributed by atoms with E-state index >= 15 is 0 Å². The van der Waals surface area contributed by atoms with E-state index < -0.39 is 17.9 Å². The third-order valence-electron chi connectivity index (χ3n) is 5.36. The molecule has 0 aromatic carbocycles. The molecule has 0 spiro atoms. The van der Waals surface area contributed by atoms with Crippen LogP contribution in [0.25, 0.3) is 11.2 Å². The van der Waals surface area contributed by atoms with Gasteiger partial charge in [-0.15, -0.1) is 6.42 Å². The number of halogens is 1. The maximum absolute atomic E-state index is 13.6. The number of ether oxygens (including phenoxy) is 2. The second-order valence-corrected chi connectivity index (χ2v) is 7.42. The van der Waals surface area contributed by atoms with Crippen LogP contribution in [0, 0.1) is 24.3 Å². The predicted molar refractivity (Wildman–Crippen MR) is 105 cm³/mol. The van der Waals surface area contributed by atoms with E-state index in [4.69, 9.17) is 21.6 Å². The van der Waals surface area contributed by atoms with Crippen LogP contribution >= 0.6 is 0 Å². The highest BCUT2D eigenvalue weighted by Crippen LogP contribution is 2.42. The van der Waals surface area contributed by atoms with Crippen molar-refractivity contribution in [2.75, 3.05) is 12.3 Å². The van der Waals surface area contributed by atoms with Crippen molar-refractivity contribution in [1.82, 2.24) is 19.5 Å². The zero-order valence-electron chi connectivity index (χ0n) is 16.7. The van der Waals surface area contributed by atoms with Crippen LogP contribution < -0.4 is 5.73 Å². The van der Waals surface area contributed by atoms with Crippen molar-refractivity contribution >= 4 is 23.0 Å². The molecule has 2 N–H and O–H groups in total. The zero-order valence-corrected chi connectivity index (χ0v) is 16.7. The number of anilines is 1. The standard InChI is InChI=1S/C20H26FN5O3/c1-4-6-7-8-9-15(27)28-11-20(5-2)13(3)10-14(29-20)26-12-23-16-17(22)24-19(21)25-18(16)26/h2,12-14H,4,6-11H2,1,3H3,(H2,22,24,25)/t13-,14+,20+/m0/s1. The first kappa shape index (κ1) is 21.0. The molecule has 2 aromatic heterocycles. The molecule has 1 fully saturated rings. The van der Waals surface area contributed by atoms with Crippen LogP contribution in [0.1, 0.15) is 58.6 Å². The summed E-state index contributed by atoms with van der Waals surface area (Å²) in [6, 6.07) is 0. The average Bonchev–Trinajstić information content (AvgIpc) is 3.25. The summed E-state index contributed by atoms with van der Waals surface area (Å²) in [6.45, 7) is 4.01. The molecule has 3 rings (SSSR count). The van der Waals surface area contributed by atoms with Crippen LogP contribution in [0.5, 0.6) is 0 Å². The average molecular weight is 403 g/mol. The Balaban J connectivity index is 1.70. The molecule has 1 saturated heterocycles. The van der Waals surface area contributed by atoms with Crippen molar-refractivity contribution in [3.63, 3.8) is 0 Å². The van der Waals surface area contributed by atoms with Crippen molar-refractivity contribution in [1.29, 1.82) is 0 Å². The Kier molecular flexibility index (Phi) is 6.33. The van der Waals surface area contributed by atoms with Crippen molar-refractivity contribution in [2.45, 2.75) is 64.2 Å². The van der Waals surface area contributed by atoms with E-state index in [2.05, 4.69) is 27.8 Å². The molecule has 29 heavy (non-hydrogen) atoms. The number of esters is 1. The summed E-state index contributed by atoms with van der Waals surface area (Å²) in [4.78, 5) is 23.5. The highest BCUT2D eigenvalue weighted by Gasteiger charge is 2.47. The highest BCUT2D eigenvalue weighted by molar-refractivity contribution is 5.81. The number of rotatable bonds is 8. The Morgan fingerprint density at radius 1 is 1.48 bits per heavy atom. The summed E-state index contributed by atoms with van der Waals surface area (Å²) < 4.78 is 26.8. The van der Waals surface area contributed by atoms with Gasteiger partial charge in [0.25, 0.3) is 0 Å². The van der Waals surface area contributed by atoms with Gasteiger partial charge in [-0.05, 0) is 12.8 Å². The van der Waals surface area contributed by atoms with Crippen LogP contribution in [-0.2, 0) is 14.3 Å². The Morgan fingerprint density at radius 3 is 3.00 bits per heavy atom. The Hall–Kier alpha value is -2.73. The fourth-order valence-corrected chi connectivity index (χ4v) is 3.54. The summed E-state index contributed by atoms with van der Waals surface area (Å²) in [7, 11) is 0. The number of imidazole rings is 1. The van der Waals surface area contributed by atoms with E-state index in [1.165, 1.54) is 6.33 Å². The largest absolute Gasteiger partial charge is 0.461 e. The number of hydrogen-bond donors (Lipinski definition) is 1. The van der Waals surface area contributed by atoms with Gasteiger partial charge in [-0.2, -0.15) is 14.4 Å². The Morgan fingerprint density at radius 2 is 2.28 bits per heavy atom. The summed E-state index contributed by atoms with van der Waals surface area (Å²) in [5.41, 5.74) is 5.17. The van der Waals surface area contributed by atoms with Gasteiger partial charge in [-0.3, -0.25) is 9.36 Å². The number of aromatic nitrogens is 4. The van der Waals surface area contributed by atoms with E-state index in [0.29, 0.717) is 18.4 Å². The summed E-state index contributed by atoms with van der Waals surface area (Å²) in [6.07, 6.45) is 10.6. The number of hydrogen-bond acceptors (Lipinski definition) is 7. The molecule has 156 valence electrons. The van der Waals surface area contributed by atoms with Crippen molar-refractivity contribution in [2.24, 2.45) is 5.92 Å². The molecule has 0 aliphatic carbocycles. The molecular formula is C20H26FN5O3. The summed E-state index contributed by atoms with van der Waals surface area (Å²) >= 11 is 0. The van der Waals surface area contributed by atoms with Crippen LogP contribution in [0.3, 0.4) is 0 Å². The molecule has 0 bridgehead atoms. The molecule has 8 nitrogen and oxygen atoms in total. The summed E-state index contributed by atoms with van der Waals surface area (Å²) in [5.74, 6) is 2.22. The Labute approximate surface area is 169 Å². The molecule has 1 aliphatic heterocycles. The molecule has 0 radical (unpaired) electrons. The second kappa shape index (κ2) is 8.74. The van der Waals surface area contributed by atoms with Gasteiger partial charge in [0.05, 0.1) is 6.33 Å². The third-order valence-corrected chi connectivity index (χ3v) is 5.36. The van der Waals surface area contributed by atoms with E-state index in [0.717, 1.165) is 25.7 Å². The summed E-state index contributed by atoms with van der Waals surface area (Å²) in [5, 5.41) is 0.